The molecule has 4 N–H and O–H groups in total. The van der Waals surface area contributed by atoms with Gasteiger partial charge in [0.15, 0.2) is 0 Å². The van der Waals surface area contributed by atoms with Crippen LogP contribution in [0.3, 0.4) is 0 Å². The molecule has 0 amide bonds. The quantitative estimate of drug-likeness (QED) is 0.659. The van der Waals surface area contributed by atoms with Gasteiger partial charge in [-0.2, -0.15) is 0 Å². The SMILES string of the molecule is C=Cc1c(C)nc(N)c(N)c1C. The molecule has 64 valence electrons. The Morgan fingerprint density at radius 1 is 1.33 bits per heavy atom. The van der Waals surface area contributed by atoms with Crippen LogP contribution < -0.4 is 11.5 Å². The number of hydrogen-bond donors (Lipinski definition) is 2. The van der Waals surface area contributed by atoms with Gasteiger partial charge in [0.05, 0.1) is 5.69 Å². The van der Waals surface area contributed by atoms with Gasteiger partial charge < -0.3 is 11.5 Å². The number of hydrogen-bond acceptors (Lipinski definition) is 3. The summed E-state index contributed by atoms with van der Waals surface area (Å²) >= 11 is 0. The molecule has 3 heteroatoms. The molecule has 0 spiro atoms. The molecule has 0 aliphatic heterocycles. The highest BCUT2D eigenvalue weighted by Crippen LogP contribution is 2.23. The topological polar surface area (TPSA) is 64.9 Å². The first-order chi connectivity index (χ1) is 5.57. The lowest BCUT2D eigenvalue weighted by atomic mass is 10.1. The van der Waals surface area contributed by atoms with Gasteiger partial charge in [0.2, 0.25) is 0 Å². The first-order valence-electron chi connectivity index (χ1n) is 3.72. The molecule has 0 aromatic carbocycles. The van der Waals surface area contributed by atoms with Gasteiger partial charge in [-0.3, -0.25) is 0 Å². The number of nitrogens with two attached hydrogens (primary N) is 2. The maximum Gasteiger partial charge on any atom is 0.147 e. The molecule has 0 bridgehead atoms. The molecule has 0 aliphatic rings. The first-order valence-corrected chi connectivity index (χ1v) is 3.72. The molecule has 0 unspecified atom stereocenters. The lowest BCUT2D eigenvalue weighted by Crippen LogP contribution is -2.04. The maximum absolute atomic E-state index is 5.69. The van der Waals surface area contributed by atoms with E-state index in [1.54, 1.807) is 6.08 Å². The van der Waals surface area contributed by atoms with E-state index in [1.807, 2.05) is 13.8 Å². The van der Waals surface area contributed by atoms with Crippen LogP contribution >= 0.6 is 0 Å². The monoisotopic (exact) mass is 163 g/mol. The van der Waals surface area contributed by atoms with Crippen LogP contribution in [0.1, 0.15) is 16.8 Å². The molecule has 0 saturated heterocycles. The Morgan fingerprint density at radius 3 is 2.42 bits per heavy atom. The normalized spacial score (nSPS) is 9.83. The predicted molar refractivity (Wildman–Crippen MR) is 52.6 cm³/mol. The second-order valence-electron chi connectivity index (χ2n) is 2.74. The largest absolute Gasteiger partial charge is 0.396 e. The molecule has 0 radical (unpaired) electrons. The molecular formula is C9H13N3. The highest BCUT2D eigenvalue weighted by atomic mass is 14.9. The van der Waals surface area contributed by atoms with Gasteiger partial charge in [-0.05, 0) is 19.4 Å². The van der Waals surface area contributed by atoms with Crippen LogP contribution in [0.15, 0.2) is 6.58 Å². The summed E-state index contributed by atoms with van der Waals surface area (Å²) in [5, 5.41) is 0. The number of pyridine rings is 1. The van der Waals surface area contributed by atoms with Gasteiger partial charge in [0.25, 0.3) is 0 Å². The predicted octanol–water partition coefficient (Wildman–Crippen LogP) is 1.51. The smallest absolute Gasteiger partial charge is 0.147 e. The van der Waals surface area contributed by atoms with Crippen molar-refractivity contribution < 1.29 is 0 Å². The van der Waals surface area contributed by atoms with Crippen molar-refractivity contribution in [3.63, 3.8) is 0 Å². The van der Waals surface area contributed by atoms with Gasteiger partial charge in [0, 0.05) is 11.3 Å². The summed E-state index contributed by atoms with van der Waals surface area (Å²) in [7, 11) is 0. The van der Waals surface area contributed by atoms with Crippen molar-refractivity contribution in [3.05, 3.63) is 23.4 Å². The highest BCUT2D eigenvalue weighted by Gasteiger charge is 2.06. The molecule has 0 atom stereocenters. The average molecular weight is 163 g/mol. The lowest BCUT2D eigenvalue weighted by molar-refractivity contribution is 1.18. The number of nitrogen functional groups attached to an aromatic ring is 2. The van der Waals surface area contributed by atoms with Crippen molar-refractivity contribution in [3.8, 4) is 0 Å². The number of rotatable bonds is 1. The van der Waals surface area contributed by atoms with Crippen LogP contribution in [0.5, 0.6) is 0 Å². The van der Waals surface area contributed by atoms with Crippen LogP contribution in [0.25, 0.3) is 6.08 Å². The number of nitrogens with zero attached hydrogens (tertiary/aromatic N) is 1. The second-order valence-corrected chi connectivity index (χ2v) is 2.74. The van der Waals surface area contributed by atoms with Crippen molar-refractivity contribution in [2.24, 2.45) is 0 Å². The fourth-order valence-corrected chi connectivity index (χ4v) is 1.21. The average Bonchev–Trinajstić information content (AvgIpc) is 2.01. The molecule has 1 rings (SSSR count). The van der Waals surface area contributed by atoms with Crippen molar-refractivity contribution >= 4 is 17.6 Å². The summed E-state index contributed by atoms with van der Waals surface area (Å²) in [5.74, 6) is 0.399. The third-order valence-electron chi connectivity index (χ3n) is 1.97. The molecule has 12 heavy (non-hydrogen) atoms. The Morgan fingerprint density at radius 2 is 1.92 bits per heavy atom. The number of aromatic nitrogens is 1. The molecular weight excluding hydrogens is 150 g/mol. The Hall–Kier alpha value is -1.51. The number of anilines is 2. The van der Waals surface area contributed by atoms with E-state index in [2.05, 4.69) is 11.6 Å². The second kappa shape index (κ2) is 2.85. The Labute approximate surface area is 72.1 Å². The zero-order valence-electron chi connectivity index (χ0n) is 7.39. The van der Waals surface area contributed by atoms with E-state index in [-0.39, 0.29) is 0 Å². The van der Waals surface area contributed by atoms with Crippen LogP contribution in [0.4, 0.5) is 11.5 Å². The van der Waals surface area contributed by atoms with Crippen LogP contribution in [-0.2, 0) is 0 Å². The third-order valence-corrected chi connectivity index (χ3v) is 1.97. The lowest BCUT2D eigenvalue weighted by Gasteiger charge is -2.09. The van der Waals surface area contributed by atoms with Gasteiger partial charge in [-0.15, -0.1) is 0 Å². The van der Waals surface area contributed by atoms with Gasteiger partial charge in [-0.25, -0.2) is 4.98 Å². The maximum atomic E-state index is 5.69. The molecule has 3 nitrogen and oxygen atoms in total. The molecule has 1 aromatic rings. The van der Waals surface area contributed by atoms with Crippen LogP contribution in [0, 0.1) is 13.8 Å². The summed E-state index contributed by atoms with van der Waals surface area (Å²) in [6.45, 7) is 7.49. The van der Waals surface area contributed by atoms with Crippen molar-refractivity contribution in [2.75, 3.05) is 11.5 Å². The molecule has 1 aromatic heterocycles. The van der Waals surface area contributed by atoms with Crippen molar-refractivity contribution in [1.29, 1.82) is 0 Å². The molecule has 1 heterocycles. The van der Waals surface area contributed by atoms with E-state index >= 15 is 0 Å². The molecule has 0 fully saturated rings. The molecule has 0 saturated carbocycles. The van der Waals surface area contributed by atoms with E-state index in [0.29, 0.717) is 11.5 Å². The highest BCUT2D eigenvalue weighted by molar-refractivity contribution is 5.71. The first kappa shape index (κ1) is 8.59. The summed E-state index contributed by atoms with van der Waals surface area (Å²) in [5.41, 5.74) is 14.6. The zero-order valence-corrected chi connectivity index (χ0v) is 7.39. The summed E-state index contributed by atoms with van der Waals surface area (Å²) in [4.78, 5) is 4.09. The summed E-state index contributed by atoms with van der Waals surface area (Å²) in [6, 6.07) is 0. The minimum atomic E-state index is 0.399. The van der Waals surface area contributed by atoms with E-state index in [0.717, 1.165) is 16.8 Å². The minimum absolute atomic E-state index is 0.399. The Bertz CT molecular complexity index is 329. The van der Waals surface area contributed by atoms with E-state index in [4.69, 9.17) is 11.5 Å². The van der Waals surface area contributed by atoms with Gasteiger partial charge in [0.1, 0.15) is 5.82 Å². The van der Waals surface area contributed by atoms with Gasteiger partial charge in [-0.1, -0.05) is 12.7 Å². The third kappa shape index (κ3) is 1.13. The standard InChI is InChI=1S/C9H13N3/c1-4-7-5(2)8(10)9(11)12-6(7)3/h4H,1,10H2,2-3H3,(H2,11,12). The van der Waals surface area contributed by atoms with Crippen LogP contribution in [-0.4, -0.2) is 4.98 Å². The minimum Gasteiger partial charge on any atom is -0.396 e. The van der Waals surface area contributed by atoms with E-state index in [9.17, 15) is 0 Å². The molecule has 0 aliphatic carbocycles. The van der Waals surface area contributed by atoms with Crippen LogP contribution in [0.2, 0.25) is 0 Å². The summed E-state index contributed by atoms with van der Waals surface area (Å²) in [6.07, 6.45) is 1.74. The van der Waals surface area contributed by atoms with Crippen molar-refractivity contribution in [2.45, 2.75) is 13.8 Å². The Balaban J connectivity index is 3.51. The number of aryl methyl sites for hydroxylation is 1. The summed E-state index contributed by atoms with van der Waals surface area (Å²) < 4.78 is 0. The Kier molecular flexibility index (Phi) is 2.04. The van der Waals surface area contributed by atoms with E-state index < -0.39 is 0 Å². The van der Waals surface area contributed by atoms with Gasteiger partial charge >= 0.3 is 0 Å². The fourth-order valence-electron chi connectivity index (χ4n) is 1.21. The zero-order chi connectivity index (χ0) is 9.30. The van der Waals surface area contributed by atoms with E-state index in [1.165, 1.54) is 0 Å². The van der Waals surface area contributed by atoms with Crippen molar-refractivity contribution in [1.82, 2.24) is 4.98 Å². The fraction of sp³-hybridized carbons (Fsp3) is 0.222.